The van der Waals surface area contributed by atoms with Crippen LogP contribution in [0.1, 0.15) is 57.8 Å². The number of rotatable bonds is 4. The predicted molar refractivity (Wildman–Crippen MR) is 103 cm³/mol. The second-order valence-corrected chi connectivity index (χ2v) is 7.17. The first-order valence-electron chi connectivity index (χ1n) is 9.41. The molecule has 0 radical (unpaired) electrons. The first-order chi connectivity index (χ1) is 13.5. The number of carbonyl (C=O) groups excluding carboxylic acids is 1. The molecule has 0 saturated carbocycles. The van der Waals surface area contributed by atoms with E-state index in [0.717, 1.165) is 18.4 Å². The standard InChI is InChI=1S/C21H22N4O3/c1-13-11-18(28-24-13)21(27)25-10-6-9-17(25)19-22-14(2)16(20(26)23-19)12-15-7-4-3-5-8-15/h3-5,7-8,11,17H,6,9-10,12H2,1-2H3,(H,22,23,26)/t17-/m1/s1. The molecule has 3 heterocycles. The number of carbonyl (C=O) groups is 1. The lowest BCUT2D eigenvalue weighted by molar-refractivity contribution is 0.0687. The molecule has 1 aliphatic heterocycles. The fourth-order valence-electron chi connectivity index (χ4n) is 3.70. The Balaban J connectivity index is 1.61. The van der Waals surface area contributed by atoms with Gasteiger partial charge in [-0.25, -0.2) is 4.98 Å². The van der Waals surface area contributed by atoms with Crippen LogP contribution in [0.4, 0.5) is 0 Å². The molecule has 1 atom stereocenters. The van der Waals surface area contributed by atoms with Crippen LogP contribution >= 0.6 is 0 Å². The van der Waals surface area contributed by atoms with Gasteiger partial charge < -0.3 is 14.4 Å². The number of nitrogens with zero attached hydrogens (tertiary/aromatic N) is 3. The van der Waals surface area contributed by atoms with Crippen LogP contribution in [0.25, 0.3) is 0 Å². The molecule has 0 unspecified atom stereocenters. The van der Waals surface area contributed by atoms with E-state index in [-0.39, 0.29) is 23.3 Å². The van der Waals surface area contributed by atoms with Crippen molar-refractivity contribution in [3.8, 4) is 0 Å². The zero-order valence-corrected chi connectivity index (χ0v) is 15.9. The molecule has 0 bridgehead atoms. The first kappa shape index (κ1) is 18.2. The lowest BCUT2D eigenvalue weighted by atomic mass is 10.0. The van der Waals surface area contributed by atoms with Crippen LogP contribution in [-0.4, -0.2) is 32.5 Å². The third kappa shape index (κ3) is 3.47. The summed E-state index contributed by atoms with van der Waals surface area (Å²) >= 11 is 0. The highest BCUT2D eigenvalue weighted by Crippen LogP contribution is 2.31. The fourth-order valence-corrected chi connectivity index (χ4v) is 3.70. The number of aromatic amines is 1. The maximum absolute atomic E-state index is 12.8. The van der Waals surface area contributed by atoms with Gasteiger partial charge >= 0.3 is 0 Å². The minimum atomic E-state index is -0.268. The Kier molecular flexibility index (Phi) is 4.81. The van der Waals surface area contributed by atoms with E-state index in [9.17, 15) is 9.59 Å². The normalized spacial score (nSPS) is 16.5. The van der Waals surface area contributed by atoms with Crippen LogP contribution in [0.5, 0.6) is 0 Å². The largest absolute Gasteiger partial charge is 0.351 e. The van der Waals surface area contributed by atoms with Gasteiger partial charge in [-0.05, 0) is 32.3 Å². The van der Waals surface area contributed by atoms with Gasteiger partial charge in [-0.15, -0.1) is 0 Å². The summed E-state index contributed by atoms with van der Waals surface area (Å²) in [7, 11) is 0. The van der Waals surface area contributed by atoms with Gasteiger partial charge in [0.15, 0.2) is 0 Å². The van der Waals surface area contributed by atoms with Crippen molar-refractivity contribution in [3.05, 3.63) is 80.9 Å². The van der Waals surface area contributed by atoms with E-state index < -0.39 is 0 Å². The quantitative estimate of drug-likeness (QED) is 0.754. The van der Waals surface area contributed by atoms with E-state index in [0.29, 0.717) is 35.7 Å². The Bertz CT molecular complexity index is 1060. The monoisotopic (exact) mass is 378 g/mol. The van der Waals surface area contributed by atoms with E-state index in [4.69, 9.17) is 4.52 Å². The van der Waals surface area contributed by atoms with Crippen LogP contribution in [0.3, 0.4) is 0 Å². The zero-order chi connectivity index (χ0) is 19.7. The van der Waals surface area contributed by atoms with E-state index in [2.05, 4.69) is 15.1 Å². The van der Waals surface area contributed by atoms with Gasteiger partial charge in [-0.1, -0.05) is 35.5 Å². The van der Waals surface area contributed by atoms with Gasteiger partial charge in [0.2, 0.25) is 5.76 Å². The Hall–Kier alpha value is -3.22. The van der Waals surface area contributed by atoms with Crippen molar-refractivity contribution >= 4 is 5.91 Å². The van der Waals surface area contributed by atoms with Gasteiger partial charge in [0.25, 0.3) is 11.5 Å². The Morgan fingerprint density at radius 2 is 2.07 bits per heavy atom. The van der Waals surface area contributed by atoms with Crippen molar-refractivity contribution < 1.29 is 9.32 Å². The van der Waals surface area contributed by atoms with Crippen LogP contribution in [0, 0.1) is 13.8 Å². The number of hydrogen-bond donors (Lipinski definition) is 1. The molecule has 144 valence electrons. The summed E-state index contributed by atoms with van der Waals surface area (Å²) in [6.07, 6.45) is 2.12. The number of amides is 1. The van der Waals surface area contributed by atoms with Crippen molar-refractivity contribution in [1.82, 2.24) is 20.0 Å². The minimum absolute atomic E-state index is 0.152. The Morgan fingerprint density at radius 1 is 1.29 bits per heavy atom. The average Bonchev–Trinajstić information content (AvgIpc) is 3.34. The van der Waals surface area contributed by atoms with Crippen LogP contribution in [0.15, 0.2) is 45.7 Å². The van der Waals surface area contributed by atoms with Crippen molar-refractivity contribution in [1.29, 1.82) is 0 Å². The molecule has 1 aromatic carbocycles. The number of nitrogens with one attached hydrogen (secondary N) is 1. The van der Waals surface area contributed by atoms with Crippen molar-refractivity contribution in [3.63, 3.8) is 0 Å². The first-order valence-corrected chi connectivity index (χ1v) is 9.41. The molecular formula is C21H22N4O3. The van der Waals surface area contributed by atoms with Gasteiger partial charge in [0, 0.05) is 30.3 Å². The third-order valence-corrected chi connectivity index (χ3v) is 5.13. The summed E-state index contributed by atoms with van der Waals surface area (Å²) in [5.41, 5.74) is 2.91. The molecule has 1 aliphatic rings. The molecule has 0 aliphatic carbocycles. The second kappa shape index (κ2) is 7.42. The second-order valence-electron chi connectivity index (χ2n) is 7.17. The van der Waals surface area contributed by atoms with E-state index in [1.54, 1.807) is 17.9 Å². The lowest BCUT2D eigenvalue weighted by Gasteiger charge is -2.23. The SMILES string of the molecule is Cc1cc(C(=O)N2CCC[C@@H]2c2nc(C)c(Cc3ccccc3)c(=O)[nH]2)on1. The number of hydrogen-bond acceptors (Lipinski definition) is 5. The van der Waals surface area contributed by atoms with Crippen LogP contribution in [-0.2, 0) is 6.42 Å². The van der Waals surface area contributed by atoms with Gasteiger partial charge in [-0.3, -0.25) is 9.59 Å². The summed E-state index contributed by atoms with van der Waals surface area (Å²) in [6.45, 7) is 4.21. The smallest absolute Gasteiger partial charge is 0.293 e. The number of likely N-dealkylation sites (tertiary alicyclic amines) is 1. The van der Waals surface area contributed by atoms with Crippen molar-refractivity contribution in [2.45, 2.75) is 39.2 Å². The molecule has 1 fully saturated rings. The van der Waals surface area contributed by atoms with Crippen LogP contribution < -0.4 is 5.56 Å². The molecule has 28 heavy (non-hydrogen) atoms. The maximum Gasteiger partial charge on any atom is 0.293 e. The minimum Gasteiger partial charge on any atom is -0.351 e. The van der Waals surface area contributed by atoms with Gasteiger partial charge in [-0.2, -0.15) is 0 Å². The van der Waals surface area contributed by atoms with Crippen LogP contribution in [0.2, 0.25) is 0 Å². The summed E-state index contributed by atoms with van der Waals surface area (Å²) in [5.74, 6) is 0.516. The zero-order valence-electron chi connectivity index (χ0n) is 15.9. The fraction of sp³-hybridized carbons (Fsp3) is 0.333. The van der Waals surface area contributed by atoms with E-state index in [1.807, 2.05) is 37.3 Å². The number of aryl methyl sites for hydroxylation is 2. The molecule has 1 saturated heterocycles. The van der Waals surface area contributed by atoms with E-state index >= 15 is 0 Å². The molecule has 4 rings (SSSR count). The molecule has 3 aromatic rings. The predicted octanol–water partition coefficient (Wildman–Crippen LogP) is 2.94. The topological polar surface area (TPSA) is 92.1 Å². The number of H-pyrrole nitrogens is 1. The molecule has 0 spiro atoms. The maximum atomic E-state index is 12.8. The highest BCUT2D eigenvalue weighted by molar-refractivity contribution is 5.91. The van der Waals surface area contributed by atoms with Gasteiger partial charge in [0.05, 0.1) is 11.7 Å². The van der Waals surface area contributed by atoms with Gasteiger partial charge in [0.1, 0.15) is 5.82 Å². The third-order valence-electron chi connectivity index (χ3n) is 5.13. The van der Waals surface area contributed by atoms with Crippen molar-refractivity contribution in [2.75, 3.05) is 6.54 Å². The Morgan fingerprint density at radius 3 is 2.75 bits per heavy atom. The number of benzene rings is 1. The average molecular weight is 378 g/mol. The molecule has 1 N–H and O–H groups in total. The van der Waals surface area contributed by atoms with E-state index in [1.165, 1.54) is 0 Å². The number of aromatic nitrogens is 3. The lowest BCUT2D eigenvalue weighted by Crippen LogP contribution is -2.33. The molecule has 2 aromatic heterocycles. The Labute approximate surface area is 162 Å². The summed E-state index contributed by atoms with van der Waals surface area (Å²) in [4.78, 5) is 34.8. The molecule has 7 heteroatoms. The molecule has 1 amide bonds. The highest BCUT2D eigenvalue weighted by atomic mass is 16.5. The summed E-state index contributed by atoms with van der Waals surface area (Å²) in [5, 5.41) is 3.79. The van der Waals surface area contributed by atoms with Crippen molar-refractivity contribution in [2.24, 2.45) is 0 Å². The summed E-state index contributed by atoms with van der Waals surface area (Å²) in [6, 6.07) is 11.2. The molecule has 7 nitrogen and oxygen atoms in total. The summed E-state index contributed by atoms with van der Waals surface area (Å²) < 4.78 is 5.12. The molecular weight excluding hydrogens is 356 g/mol. The highest BCUT2D eigenvalue weighted by Gasteiger charge is 2.34.